The summed E-state index contributed by atoms with van der Waals surface area (Å²) in [5.41, 5.74) is 2.99. The normalized spacial score (nSPS) is 15.5. The minimum atomic E-state index is -0.325. The number of hydrogen-bond donors (Lipinski definition) is 0. The molecule has 0 unspecified atom stereocenters. The van der Waals surface area contributed by atoms with E-state index in [2.05, 4.69) is 41.3 Å². The fourth-order valence-electron chi connectivity index (χ4n) is 4.37. The van der Waals surface area contributed by atoms with Gasteiger partial charge in [0.05, 0.1) is 0 Å². The van der Waals surface area contributed by atoms with Crippen LogP contribution in [0.2, 0.25) is 0 Å². The summed E-state index contributed by atoms with van der Waals surface area (Å²) in [7, 11) is 0. The molecule has 1 saturated heterocycles. The molecule has 0 saturated carbocycles. The van der Waals surface area contributed by atoms with Gasteiger partial charge in [0.2, 0.25) is 0 Å². The topological polar surface area (TPSA) is 12.5 Å². The first kappa shape index (κ1) is 23.3. The van der Waals surface area contributed by atoms with E-state index in [0.29, 0.717) is 12.5 Å². The van der Waals surface area contributed by atoms with Gasteiger partial charge < -0.3 is 4.74 Å². The average molecular weight is 448 g/mol. The molecule has 4 rings (SSSR count). The van der Waals surface area contributed by atoms with E-state index in [-0.39, 0.29) is 17.7 Å². The Morgan fingerprint density at radius 2 is 1.39 bits per heavy atom. The van der Waals surface area contributed by atoms with Crippen LogP contribution in [0, 0.1) is 17.6 Å². The third kappa shape index (κ3) is 7.08. The Balaban J connectivity index is 1.25. The molecule has 0 spiro atoms. The molecule has 1 aliphatic rings. The van der Waals surface area contributed by atoms with Crippen molar-refractivity contribution in [3.8, 4) is 0 Å². The SMILES string of the molecule is Fc1ccc(C(OCCC2CCN(C/C=C/c3ccccc3)CC2)c2ccc(F)cc2)cc1. The van der Waals surface area contributed by atoms with Gasteiger partial charge in [-0.05, 0) is 79.2 Å². The van der Waals surface area contributed by atoms with Crippen molar-refractivity contribution in [1.29, 1.82) is 0 Å². The number of halogens is 2. The van der Waals surface area contributed by atoms with E-state index in [4.69, 9.17) is 4.74 Å². The molecule has 0 bridgehead atoms. The minimum absolute atomic E-state index is 0.276. The summed E-state index contributed by atoms with van der Waals surface area (Å²) in [6.45, 7) is 3.81. The van der Waals surface area contributed by atoms with Crippen LogP contribution in [-0.2, 0) is 4.74 Å². The lowest BCUT2D eigenvalue weighted by Crippen LogP contribution is -2.34. The van der Waals surface area contributed by atoms with Gasteiger partial charge in [-0.1, -0.05) is 66.7 Å². The van der Waals surface area contributed by atoms with Crippen LogP contribution in [0.15, 0.2) is 84.9 Å². The molecule has 0 N–H and O–H groups in total. The Hall–Kier alpha value is -2.82. The van der Waals surface area contributed by atoms with Crippen molar-refractivity contribution in [3.63, 3.8) is 0 Å². The summed E-state index contributed by atoms with van der Waals surface area (Å²) in [6.07, 6.45) is 7.43. The molecule has 33 heavy (non-hydrogen) atoms. The van der Waals surface area contributed by atoms with Crippen LogP contribution in [-0.4, -0.2) is 31.1 Å². The number of likely N-dealkylation sites (tertiary alicyclic amines) is 1. The second-order valence-electron chi connectivity index (χ2n) is 8.70. The molecule has 3 aromatic rings. The third-order valence-corrected chi connectivity index (χ3v) is 6.34. The third-order valence-electron chi connectivity index (χ3n) is 6.34. The van der Waals surface area contributed by atoms with Gasteiger partial charge in [-0.15, -0.1) is 0 Å². The highest BCUT2D eigenvalue weighted by atomic mass is 19.1. The molecule has 4 heteroatoms. The van der Waals surface area contributed by atoms with Crippen molar-refractivity contribution in [1.82, 2.24) is 4.90 Å². The van der Waals surface area contributed by atoms with E-state index in [0.717, 1.165) is 37.2 Å². The van der Waals surface area contributed by atoms with Gasteiger partial charge in [-0.25, -0.2) is 8.78 Å². The highest BCUT2D eigenvalue weighted by Gasteiger charge is 2.20. The quantitative estimate of drug-likeness (QED) is 0.354. The summed E-state index contributed by atoms with van der Waals surface area (Å²) >= 11 is 0. The van der Waals surface area contributed by atoms with Gasteiger partial charge in [0, 0.05) is 13.2 Å². The summed E-state index contributed by atoms with van der Waals surface area (Å²) in [5, 5.41) is 0. The molecule has 1 heterocycles. The van der Waals surface area contributed by atoms with Crippen LogP contribution in [0.4, 0.5) is 8.78 Å². The summed E-state index contributed by atoms with van der Waals surface area (Å²) in [6, 6.07) is 23.1. The Morgan fingerprint density at radius 3 is 1.97 bits per heavy atom. The average Bonchev–Trinajstić information content (AvgIpc) is 2.85. The summed E-state index contributed by atoms with van der Waals surface area (Å²) < 4.78 is 33.1. The maximum Gasteiger partial charge on any atom is 0.123 e. The second kappa shape index (κ2) is 11.9. The van der Waals surface area contributed by atoms with Crippen LogP contribution < -0.4 is 0 Å². The van der Waals surface area contributed by atoms with Gasteiger partial charge in [0.1, 0.15) is 17.7 Å². The van der Waals surface area contributed by atoms with Crippen molar-refractivity contribution in [2.24, 2.45) is 5.92 Å². The first-order valence-electron chi connectivity index (χ1n) is 11.7. The van der Waals surface area contributed by atoms with Gasteiger partial charge in [0.25, 0.3) is 0 Å². The molecule has 0 atom stereocenters. The molecular formula is C29H31F2NO. The number of rotatable bonds is 9. The van der Waals surface area contributed by atoms with E-state index in [1.807, 2.05) is 6.07 Å². The van der Waals surface area contributed by atoms with Gasteiger partial charge >= 0.3 is 0 Å². The zero-order valence-electron chi connectivity index (χ0n) is 18.9. The molecule has 1 aliphatic heterocycles. The highest BCUT2D eigenvalue weighted by Crippen LogP contribution is 2.28. The minimum Gasteiger partial charge on any atom is -0.369 e. The van der Waals surface area contributed by atoms with Crippen LogP contribution in [0.3, 0.4) is 0 Å². The van der Waals surface area contributed by atoms with Crippen LogP contribution in [0.1, 0.15) is 42.1 Å². The number of piperidine rings is 1. The van der Waals surface area contributed by atoms with Crippen molar-refractivity contribution >= 4 is 6.08 Å². The fraction of sp³-hybridized carbons (Fsp3) is 0.310. The lowest BCUT2D eigenvalue weighted by molar-refractivity contribution is 0.0609. The van der Waals surface area contributed by atoms with Crippen molar-refractivity contribution < 1.29 is 13.5 Å². The van der Waals surface area contributed by atoms with E-state index in [1.165, 1.54) is 42.7 Å². The molecule has 1 fully saturated rings. The summed E-state index contributed by atoms with van der Waals surface area (Å²) in [5.74, 6) is 0.0883. The van der Waals surface area contributed by atoms with Crippen LogP contribution >= 0.6 is 0 Å². The van der Waals surface area contributed by atoms with Crippen molar-refractivity contribution in [2.45, 2.75) is 25.4 Å². The van der Waals surface area contributed by atoms with Crippen LogP contribution in [0.5, 0.6) is 0 Å². The monoisotopic (exact) mass is 447 g/mol. The number of benzene rings is 3. The zero-order valence-corrected chi connectivity index (χ0v) is 18.9. The highest BCUT2D eigenvalue weighted by molar-refractivity contribution is 5.48. The van der Waals surface area contributed by atoms with E-state index in [9.17, 15) is 8.78 Å². The number of ether oxygens (including phenoxy) is 1. The predicted molar refractivity (Wildman–Crippen MR) is 130 cm³/mol. The Kier molecular flexibility index (Phi) is 8.40. The molecule has 3 aromatic carbocycles. The Labute approximate surface area is 195 Å². The first-order chi connectivity index (χ1) is 16.2. The maximum absolute atomic E-state index is 13.4. The molecule has 0 radical (unpaired) electrons. The second-order valence-corrected chi connectivity index (χ2v) is 8.70. The lowest BCUT2D eigenvalue weighted by atomic mass is 9.93. The molecule has 172 valence electrons. The number of hydrogen-bond acceptors (Lipinski definition) is 2. The smallest absolute Gasteiger partial charge is 0.123 e. The van der Waals surface area contributed by atoms with E-state index < -0.39 is 0 Å². The lowest BCUT2D eigenvalue weighted by Gasteiger charge is -2.31. The summed E-state index contributed by atoms with van der Waals surface area (Å²) in [4.78, 5) is 2.50. The molecule has 0 amide bonds. The predicted octanol–water partition coefficient (Wildman–Crippen LogP) is 6.89. The maximum atomic E-state index is 13.4. The first-order valence-corrected chi connectivity index (χ1v) is 11.7. The largest absolute Gasteiger partial charge is 0.369 e. The zero-order chi connectivity index (χ0) is 22.9. The standard InChI is InChI=1S/C29H31F2NO/c30-27-12-8-25(9-13-27)29(26-10-14-28(31)15-11-26)33-22-18-24-16-20-32(21-17-24)19-4-7-23-5-2-1-3-6-23/h1-15,24,29H,16-22H2/b7-4+. The number of nitrogens with zero attached hydrogens (tertiary/aromatic N) is 1. The van der Waals surface area contributed by atoms with Gasteiger partial charge in [0.15, 0.2) is 0 Å². The molecular weight excluding hydrogens is 416 g/mol. The molecule has 0 aromatic heterocycles. The Morgan fingerprint density at radius 1 is 0.818 bits per heavy atom. The van der Waals surface area contributed by atoms with E-state index >= 15 is 0 Å². The van der Waals surface area contributed by atoms with Gasteiger partial charge in [-0.3, -0.25) is 4.90 Å². The Bertz CT molecular complexity index is 949. The molecule has 0 aliphatic carbocycles. The van der Waals surface area contributed by atoms with Crippen molar-refractivity contribution in [3.05, 3.63) is 113 Å². The van der Waals surface area contributed by atoms with Crippen LogP contribution in [0.25, 0.3) is 6.08 Å². The fourth-order valence-corrected chi connectivity index (χ4v) is 4.37. The molecule has 2 nitrogen and oxygen atoms in total. The van der Waals surface area contributed by atoms with Crippen molar-refractivity contribution in [2.75, 3.05) is 26.2 Å². The van der Waals surface area contributed by atoms with Gasteiger partial charge in [-0.2, -0.15) is 0 Å². The van der Waals surface area contributed by atoms with E-state index in [1.54, 1.807) is 24.3 Å².